The summed E-state index contributed by atoms with van der Waals surface area (Å²) in [5.41, 5.74) is 16.4. The number of nitrogen functional groups attached to an aromatic ring is 1. The van der Waals surface area contributed by atoms with E-state index in [1.165, 1.54) is 5.57 Å². The molecule has 0 saturated heterocycles. The number of nitrogens with one attached hydrogen (secondary N) is 1. The van der Waals surface area contributed by atoms with Crippen molar-refractivity contribution < 1.29 is 43.3 Å². The van der Waals surface area contributed by atoms with Crippen LogP contribution in [0.2, 0.25) is 0 Å². The number of ketones is 2. The maximum atomic E-state index is 14.3. The molecule has 426 valence electrons. The molecular weight excluding hydrogens is 1040 g/mol. The van der Waals surface area contributed by atoms with Gasteiger partial charge in [-0.25, -0.2) is 4.98 Å². The summed E-state index contributed by atoms with van der Waals surface area (Å²) in [5.74, 6) is -0.161. The molecule has 1 amide bonds. The Morgan fingerprint density at radius 1 is 0.852 bits per heavy atom. The minimum absolute atomic E-state index is 0.0751. The van der Waals surface area contributed by atoms with Crippen molar-refractivity contribution in [2.75, 3.05) is 18.9 Å². The van der Waals surface area contributed by atoms with E-state index in [2.05, 4.69) is 37.8 Å². The summed E-state index contributed by atoms with van der Waals surface area (Å²) in [5, 5.41) is 36.6. The smallest absolute Gasteiger partial charge is 0.254 e. The number of thiazole rings is 1. The Labute approximate surface area is 479 Å². The molecule has 0 saturated carbocycles. The van der Waals surface area contributed by atoms with Gasteiger partial charge in [-0.15, -0.1) is 21.5 Å². The molecule has 81 heavy (non-hydrogen) atoms. The van der Waals surface area contributed by atoms with Crippen molar-refractivity contribution >= 4 is 34.6 Å². The molecule has 3 heterocycles. The van der Waals surface area contributed by atoms with E-state index in [1.807, 2.05) is 87.8 Å². The molecular formula is C65H76N6O9S. The number of aryl methyl sites for hydroxylation is 1. The highest BCUT2D eigenvalue weighted by molar-refractivity contribution is 7.13. The number of nitrogens with zero attached hydrogens (tertiary/aromatic N) is 4. The quantitative estimate of drug-likeness (QED) is 0.0282. The zero-order chi connectivity index (χ0) is 56.8. The number of aromatic nitrogens is 4. The van der Waals surface area contributed by atoms with Gasteiger partial charge in [0.25, 0.3) is 5.88 Å². The number of carbonyl (C=O) groups excluding carboxylic acids is 3. The van der Waals surface area contributed by atoms with E-state index in [1.54, 1.807) is 47.7 Å². The van der Waals surface area contributed by atoms with Gasteiger partial charge in [0.15, 0.2) is 28.9 Å². The van der Waals surface area contributed by atoms with Gasteiger partial charge in [0, 0.05) is 35.6 Å². The highest BCUT2D eigenvalue weighted by atomic mass is 32.1. The zero-order valence-electron chi connectivity index (χ0n) is 47.0. The Kier molecular flexibility index (Phi) is 20.1. The van der Waals surface area contributed by atoms with Gasteiger partial charge in [0.2, 0.25) is 5.91 Å². The van der Waals surface area contributed by atoms with Gasteiger partial charge in [-0.3, -0.25) is 14.4 Å². The largest absolute Gasteiger partial charge is 0.507 e. The molecule has 0 fully saturated rings. The lowest BCUT2D eigenvalue weighted by atomic mass is 9.83. The number of benzene rings is 3. The molecule has 2 unspecified atom stereocenters. The molecule has 15 nitrogen and oxygen atoms in total. The van der Waals surface area contributed by atoms with E-state index < -0.39 is 17.9 Å². The molecule has 3 aromatic carbocycles. The van der Waals surface area contributed by atoms with Crippen LogP contribution in [-0.2, 0) is 20.7 Å². The van der Waals surface area contributed by atoms with Gasteiger partial charge < -0.3 is 40.0 Å². The van der Waals surface area contributed by atoms with Crippen molar-refractivity contribution in [1.82, 2.24) is 25.7 Å². The number of anilines is 1. The van der Waals surface area contributed by atoms with Crippen molar-refractivity contribution in [3.63, 3.8) is 0 Å². The van der Waals surface area contributed by atoms with Crippen LogP contribution >= 0.6 is 11.3 Å². The van der Waals surface area contributed by atoms with Crippen LogP contribution in [0.5, 0.6) is 17.4 Å². The number of nitrogens with two attached hydrogens (primary N) is 1. The summed E-state index contributed by atoms with van der Waals surface area (Å²) in [6.07, 6.45) is 17.1. The van der Waals surface area contributed by atoms with E-state index in [4.69, 9.17) is 24.5 Å². The third kappa shape index (κ3) is 15.6. The molecule has 3 aliphatic carbocycles. The van der Waals surface area contributed by atoms with Gasteiger partial charge in [-0.1, -0.05) is 98.3 Å². The Hall–Kier alpha value is -7.27. The van der Waals surface area contributed by atoms with Crippen LogP contribution in [0.1, 0.15) is 156 Å². The SMILES string of the molecule is Cc1ncsc1-c1ccc([C@H](C)NC(=O)[C@H]2CC(C(=O)[C@@H](c3cc(OCCCC4=CCCC(OC5CCC=C(C(=O)c6ccc(CCOc7cc(-c8ccccc8O)nnc7N)cc6)CCC5)CC4)no3)C(C)C)=CC[C@H](O)C2)cc1. The number of carbonyl (C=O) groups is 3. The van der Waals surface area contributed by atoms with E-state index in [0.29, 0.717) is 65.8 Å². The van der Waals surface area contributed by atoms with Crippen molar-refractivity contribution in [2.24, 2.45) is 11.8 Å². The molecule has 0 spiro atoms. The van der Waals surface area contributed by atoms with E-state index in [9.17, 15) is 24.6 Å². The first-order chi connectivity index (χ1) is 39.3. The number of aliphatic hydroxyl groups is 1. The number of phenolic OH excluding ortho intramolecular Hbond substituents is 1. The minimum Gasteiger partial charge on any atom is -0.507 e. The number of ether oxygens (including phenoxy) is 3. The first kappa shape index (κ1) is 58.4. The summed E-state index contributed by atoms with van der Waals surface area (Å²) < 4.78 is 24.6. The number of hydrogen-bond donors (Lipinski definition) is 4. The standard InChI is InChI=1S/C65H76N6O9S/c1-40(2)60(62(75)49-29-30-51(72)36-50(35-49)65(76)68-41(3)45-25-27-48(28-26-45)63-42(4)67-39-81-63)57-38-59(71-80-57)78-33-10-12-43-11-7-15-53(31-22-43)79-52-16-8-13-46(14-9-17-52)61(74)47-23-20-44(21-24-47)32-34-77-58-37-55(69-70-64(58)66)54-18-5-6-19-56(54)73/h5-6,11,13,18-21,23-29,37-41,50-53,60,72-73H,7-10,12,14-17,22,30-36H2,1-4H3,(H2,66,70)(H,68,76)/t41-,50-,51-,52?,53?,60+/m0/s1. The average molecular weight is 1120 g/mol. The van der Waals surface area contributed by atoms with Crippen LogP contribution in [0.4, 0.5) is 5.82 Å². The maximum Gasteiger partial charge on any atom is 0.254 e. The molecule has 0 aliphatic heterocycles. The van der Waals surface area contributed by atoms with Gasteiger partial charge in [0.05, 0.1) is 59.6 Å². The fourth-order valence-electron chi connectivity index (χ4n) is 11.2. The predicted molar refractivity (Wildman–Crippen MR) is 314 cm³/mol. The van der Waals surface area contributed by atoms with Crippen molar-refractivity contribution in [1.29, 1.82) is 0 Å². The number of rotatable bonds is 22. The lowest BCUT2D eigenvalue weighted by Gasteiger charge is -2.25. The number of aliphatic hydroxyl groups excluding tert-OH is 1. The molecule has 16 heteroatoms. The predicted octanol–water partition coefficient (Wildman–Crippen LogP) is 12.9. The van der Waals surface area contributed by atoms with Crippen LogP contribution in [0, 0.1) is 18.8 Å². The highest BCUT2D eigenvalue weighted by Gasteiger charge is 2.35. The van der Waals surface area contributed by atoms with Crippen LogP contribution in [0.25, 0.3) is 21.7 Å². The van der Waals surface area contributed by atoms with Crippen molar-refractivity contribution in [3.8, 4) is 39.1 Å². The fourth-order valence-corrected chi connectivity index (χ4v) is 12.0. The summed E-state index contributed by atoms with van der Waals surface area (Å²) >= 11 is 1.60. The summed E-state index contributed by atoms with van der Waals surface area (Å²) in [4.78, 5) is 47.2. The Balaban J connectivity index is 0.677. The molecule has 3 aliphatic rings. The van der Waals surface area contributed by atoms with Crippen LogP contribution in [0.3, 0.4) is 0 Å². The Bertz CT molecular complexity index is 3200. The molecule has 5 N–H and O–H groups in total. The van der Waals surface area contributed by atoms with Gasteiger partial charge in [0.1, 0.15) is 11.4 Å². The van der Waals surface area contributed by atoms with Crippen LogP contribution in [-0.4, -0.2) is 79.6 Å². The second kappa shape index (κ2) is 27.9. The number of para-hydroxylation sites is 1. The topological polar surface area (TPSA) is 222 Å². The molecule has 3 aromatic heterocycles. The Morgan fingerprint density at radius 3 is 2.40 bits per heavy atom. The van der Waals surface area contributed by atoms with E-state index in [-0.39, 0.29) is 66.1 Å². The number of amides is 1. The van der Waals surface area contributed by atoms with Crippen molar-refractivity contribution in [3.05, 3.63) is 154 Å². The second-order valence-corrected chi connectivity index (χ2v) is 23.0. The first-order valence-corrected chi connectivity index (χ1v) is 29.7. The second-order valence-electron chi connectivity index (χ2n) is 22.2. The van der Waals surface area contributed by atoms with Gasteiger partial charge >= 0.3 is 0 Å². The van der Waals surface area contributed by atoms with Gasteiger partial charge in [-0.2, -0.15) is 0 Å². The number of Topliss-reactive ketones (excluding diaryl/α,β-unsaturated/α-hetero) is 2. The third-order valence-corrected chi connectivity index (χ3v) is 16.8. The molecule has 0 bridgehead atoms. The summed E-state index contributed by atoms with van der Waals surface area (Å²) in [6, 6.07) is 25.9. The molecule has 6 atom stereocenters. The average Bonchev–Trinajstić information content (AvgIpc) is 4.10. The lowest BCUT2D eigenvalue weighted by Crippen LogP contribution is -2.35. The van der Waals surface area contributed by atoms with Gasteiger partial charge in [-0.05, 0) is 155 Å². The molecule has 0 radical (unpaired) electrons. The first-order valence-electron chi connectivity index (χ1n) is 28.8. The van der Waals surface area contributed by atoms with E-state index in [0.717, 1.165) is 103 Å². The summed E-state index contributed by atoms with van der Waals surface area (Å²) in [7, 11) is 0. The van der Waals surface area contributed by atoms with Crippen LogP contribution in [0.15, 0.2) is 130 Å². The monoisotopic (exact) mass is 1120 g/mol. The highest BCUT2D eigenvalue weighted by Crippen LogP contribution is 2.37. The lowest BCUT2D eigenvalue weighted by molar-refractivity contribution is -0.126. The number of hydrogen-bond acceptors (Lipinski definition) is 15. The van der Waals surface area contributed by atoms with Crippen LogP contribution < -0.4 is 20.5 Å². The number of aromatic hydroxyl groups is 1. The number of phenols is 1. The minimum atomic E-state index is -0.743. The Morgan fingerprint density at radius 2 is 1.63 bits per heavy atom. The molecule has 9 rings (SSSR count). The maximum absolute atomic E-state index is 14.3. The van der Waals surface area contributed by atoms with Crippen molar-refractivity contribution in [2.45, 2.75) is 154 Å². The van der Waals surface area contributed by atoms with E-state index >= 15 is 0 Å². The third-order valence-electron chi connectivity index (χ3n) is 15.8. The normalized spacial score (nSPS) is 19.6. The fraction of sp³-hybridized carbons (Fsp3) is 0.431. The number of allylic oxidation sites excluding steroid dienone is 5. The zero-order valence-corrected chi connectivity index (χ0v) is 47.8. The summed E-state index contributed by atoms with van der Waals surface area (Å²) in [6.45, 7) is 8.67. The molecule has 6 aromatic rings.